The molecule has 0 aromatic carbocycles. The first kappa shape index (κ1) is 9.76. The van der Waals surface area contributed by atoms with E-state index in [1.54, 1.807) is 12.1 Å². The van der Waals surface area contributed by atoms with Crippen LogP contribution in [-0.4, -0.2) is 4.98 Å². The van der Waals surface area contributed by atoms with E-state index in [2.05, 4.69) is 11.1 Å². The maximum absolute atomic E-state index is 9.12. The smallest absolute Gasteiger partial charge is 0.131 e. The van der Waals surface area contributed by atoms with Crippen LogP contribution < -0.4 is 0 Å². The van der Waals surface area contributed by atoms with Gasteiger partial charge in [0.15, 0.2) is 0 Å². The lowest BCUT2D eigenvalue weighted by atomic mass is 9.66. The van der Waals surface area contributed by atoms with E-state index in [1.165, 1.54) is 0 Å². The standard InChI is InChI=1S/C10H8Cl2N2/c11-8-4-7(5-9(12)14-8)10(6-13)2-1-3-10/h4-5H,1-3H2. The van der Waals surface area contributed by atoms with Gasteiger partial charge in [-0.15, -0.1) is 0 Å². The lowest BCUT2D eigenvalue weighted by molar-refractivity contribution is 0.324. The summed E-state index contributed by atoms with van der Waals surface area (Å²) in [5, 5.41) is 9.83. The van der Waals surface area contributed by atoms with Crippen LogP contribution in [0.5, 0.6) is 0 Å². The number of aromatic nitrogens is 1. The predicted octanol–water partition coefficient (Wildman–Crippen LogP) is 3.33. The number of halogens is 2. The van der Waals surface area contributed by atoms with Crippen molar-refractivity contribution in [2.45, 2.75) is 24.7 Å². The number of hydrogen-bond donors (Lipinski definition) is 0. The van der Waals surface area contributed by atoms with E-state index in [0.717, 1.165) is 24.8 Å². The average molecular weight is 227 g/mol. The molecular weight excluding hydrogens is 219 g/mol. The van der Waals surface area contributed by atoms with Gasteiger partial charge >= 0.3 is 0 Å². The number of rotatable bonds is 1. The van der Waals surface area contributed by atoms with Gasteiger partial charge in [0.2, 0.25) is 0 Å². The second kappa shape index (κ2) is 3.42. The van der Waals surface area contributed by atoms with Crippen LogP contribution in [0.15, 0.2) is 12.1 Å². The van der Waals surface area contributed by atoms with Gasteiger partial charge in [0.25, 0.3) is 0 Å². The molecule has 0 unspecified atom stereocenters. The summed E-state index contributed by atoms with van der Waals surface area (Å²) in [6.45, 7) is 0. The van der Waals surface area contributed by atoms with Crippen molar-refractivity contribution in [2.24, 2.45) is 0 Å². The molecule has 1 aromatic rings. The molecule has 72 valence electrons. The molecular formula is C10H8Cl2N2. The molecule has 0 amide bonds. The number of nitrogens with zero attached hydrogens (tertiary/aromatic N) is 2. The van der Waals surface area contributed by atoms with Crippen LogP contribution in [0.2, 0.25) is 10.3 Å². The highest BCUT2D eigenvalue weighted by Crippen LogP contribution is 2.43. The van der Waals surface area contributed by atoms with Crippen LogP contribution in [0.25, 0.3) is 0 Å². The Morgan fingerprint density at radius 3 is 2.21 bits per heavy atom. The van der Waals surface area contributed by atoms with Crippen molar-refractivity contribution in [1.29, 1.82) is 5.26 Å². The van der Waals surface area contributed by atoms with Gasteiger partial charge in [-0.2, -0.15) is 5.26 Å². The third-order valence-electron chi connectivity index (χ3n) is 2.74. The fraction of sp³-hybridized carbons (Fsp3) is 0.400. The third kappa shape index (κ3) is 1.47. The van der Waals surface area contributed by atoms with Crippen molar-refractivity contribution in [3.05, 3.63) is 28.0 Å². The molecule has 2 rings (SSSR count). The molecule has 1 heterocycles. The summed E-state index contributed by atoms with van der Waals surface area (Å²) in [5.74, 6) is 0. The third-order valence-corrected chi connectivity index (χ3v) is 3.12. The first-order valence-electron chi connectivity index (χ1n) is 4.41. The van der Waals surface area contributed by atoms with E-state index in [9.17, 15) is 0 Å². The van der Waals surface area contributed by atoms with E-state index in [-0.39, 0.29) is 5.41 Å². The summed E-state index contributed by atoms with van der Waals surface area (Å²) >= 11 is 11.6. The van der Waals surface area contributed by atoms with Crippen LogP contribution in [-0.2, 0) is 5.41 Å². The second-order valence-corrected chi connectivity index (χ2v) is 4.32. The molecule has 0 N–H and O–H groups in total. The van der Waals surface area contributed by atoms with Crippen molar-refractivity contribution in [2.75, 3.05) is 0 Å². The van der Waals surface area contributed by atoms with Gasteiger partial charge < -0.3 is 0 Å². The fourth-order valence-corrected chi connectivity index (χ4v) is 2.20. The summed E-state index contributed by atoms with van der Waals surface area (Å²) in [7, 11) is 0. The molecule has 0 aliphatic heterocycles. The topological polar surface area (TPSA) is 36.7 Å². The van der Waals surface area contributed by atoms with E-state index in [4.69, 9.17) is 28.5 Å². The molecule has 0 atom stereocenters. The zero-order valence-corrected chi connectivity index (χ0v) is 8.94. The fourth-order valence-electron chi connectivity index (χ4n) is 1.74. The molecule has 1 fully saturated rings. The van der Waals surface area contributed by atoms with Gasteiger partial charge in [-0.05, 0) is 37.0 Å². The lowest BCUT2D eigenvalue weighted by Gasteiger charge is -2.35. The van der Waals surface area contributed by atoms with Crippen molar-refractivity contribution in [1.82, 2.24) is 4.98 Å². The minimum Gasteiger partial charge on any atom is -0.224 e. The van der Waals surface area contributed by atoms with Gasteiger partial charge in [-0.25, -0.2) is 4.98 Å². The SMILES string of the molecule is N#CC1(c2cc(Cl)nc(Cl)c2)CCC1. The Kier molecular flexibility index (Phi) is 2.38. The van der Waals surface area contributed by atoms with Gasteiger partial charge in [0.1, 0.15) is 10.3 Å². The lowest BCUT2D eigenvalue weighted by Crippen LogP contribution is -2.32. The highest BCUT2D eigenvalue weighted by Gasteiger charge is 2.39. The van der Waals surface area contributed by atoms with E-state index < -0.39 is 0 Å². The first-order chi connectivity index (χ1) is 6.66. The maximum Gasteiger partial charge on any atom is 0.131 e. The Morgan fingerprint density at radius 1 is 1.29 bits per heavy atom. The van der Waals surface area contributed by atoms with Crippen LogP contribution in [0.4, 0.5) is 0 Å². The minimum absolute atomic E-state index is 0.356. The van der Waals surface area contributed by atoms with Gasteiger partial charge in [0, 0.05) is 0 Å². The Hall–Kier alpha value is -0.780. The first-order valence-corrected chi connectivity index (χ1v) is 5.17. The van der Waals surface area contributed by atoms with Crippen molar-refractivity contribution >= 4 is 23.2 Å². The summed E-state index contributed by atoms with van der Waals surface area (Å²) in [6, 6.07) is 5.80. The second-order valence-electron chi connectivity index (χ2n) is 3.55. The predicted molar refractivity (Wildman–Crippen MR) is 55.4 cm³/mol. The summed E-state index contributed by atoms with van der Waals surface area (Å²) in [4.78, 5) is 3.86. The minimum atomic E-state index is -0.365. The monoisotopic (exact) mass is 226 g/mol. The number of nitriles is 1. The molecule has 0 radical (unpaired) electrons. The number of hydrogen-bond acceptors (Lipinski definition) is 2. The molecule has 1 aliphatic rings. The zero-order chi connectivity index (χ0) is 10.2. The van der Waals surface area contributed by atoms with Crippen molar-refractivity contribution in [3.8, 4) is 6.07 Å². The van der Waals surface area contributed by atoms with Gasteiger partial charge in [-0.3, -0.25) is 0 Å². The molecule has 0 spiro atoms. The van der Waals surface area contributed by atoms with E-state index in [1.807, 2.05) is 0 Å². The molecule has 1 saturated carbocycles. The Labute approximate surface area is 92.5 Å². The Morgan fingerprint density at radius 2 is 1.86 bits per heavy atom. The van der Waals surface area contributed by atoms with Crippen LogP contribution >= 0.6 is 23.2 Å². The van der Waals surface area contributed by atoms with Crippen LogP contribution in [0.3, 0.4) is 0 Å². The Balaban J connectivity index is 2.46. The zero-order valence-electron chi connectivity index (χ0n) is 7.43. The van der Waals surface area contributed by atoms with Crippen LogP contribution in [0, 0.1) is 11.3 Å². The summed E-state index contributed by atoms with van der Waals surface area (Å²) in [6.07, 6.45) is 2.87. The van der Waals surface area contributed by atoms with Gasteiger partial charge in [0.05, 0.1) is 11.5 Å². The molecule has 2 nitrogen and oxygen atoms in total. The maximum atomic E-state index is 9.12. The van der Waals surface area contributed by atoms with Crippen LogP contribution in [0.1, 0.15) is 24.8 Å². The highest BCUT2D eigenvalue weighted by atomic mass is 35.5. The summed E-state index contributed by atoms with van der Waals surface area (Å²) < 4.78 is 0. The Bertz CT molecular complexity index is 385. The summed E-state index contributed by atoms with van der Waals surface area (Å²) in [5.41, 5.74) is 0.534. The van der Waals surface area contributed by atoms with Crippen molar-refractivity contribution < 1.29 is 0 Å². The highest BCUT2D eigenvalue weighted by molar-refractivity contribution is 6.32. The van der Waals surface area contributed by atoms with Gasteiger partial charge in [-0.1, -0.05) is 23.2 Å². The quantitative estimate of drug-likeness (QED) is 0.690. The molecule has 0 saturated heterocycles. The molecule has 0 bridgehead atoms. The largest absolute Gasteiger partial charge is 0.224 e. The van der Waals surface area contributed by atoms with E-state index >= 15 is 0 Å². The number of pyridine rings is 1. The molecule has 1 aliphatic carbocycles. The van der Waals surface area contributed by atoms with Crippen molar-refractivity contribution in [3.63, 3.8) is 0 Å². The molecule has 14 heavy (non-hydrogen) atoms. The molecule has 1 aromatic heterocycles. The normalized spacial score (nSPS) is 18.4. The average Bonchev–Trinajstić information content (AvgIpc) is 2.01. The molecule has 4 heteroatoms. The van der Waals surface area contributed by atoms with E-state index in [0.29, 0.717) is 10.3 Å².